The van der Waals surface area contributed by atoms with Crippen LogP contribution in [0.15, 0.2) is 53.1 Å². The molecule has 0 spiro atoms. The van der Waals surface area contributed by atoms with Crippen LogP contribution in [0, 0.1) is 5.92 Å². The molecule has 1 N–H and O–H groups in total. The Morgan fingerprint density at radius 2 is 1.78 bits per heavy atom. The standard InChI is InChI=1S/C26H37N3O3/c1-21(2)18-29(26(31)27-23-12-7-4-8-13-23)20-25(30)28(19-24-14-9-17-32-24)16-15-22-10-5-3-6-11-22/h3,5-6,9-11,14,17,21,23H,4,7-8,12-13,15-16,18-20H2,1-2H3,(H,27,31). The van der Waals surface area contributed by atoms with Gasteiger partial charge < -0.3 is 19.5 Å². The lowest BCUT2D eigenvalue weighted by Crippen LogP contribution is -2.50. The first kappa shape index (κ1) is 23.9. The molecular weight excluding hydrogens is 402 g/mol. The van der Waals surface area contributed by atoms with E-state index in [1.165, 1.54) is 12.0 Å². The Morgan fingerprint density at radius 3 is 2.44 bits per heavy atom. The first-order valence-electron chi connectivity index (χ1n) is 11.9. The molecule has 174 valence electrons. The molecule has 3 amide bonds. The van der Waals surface area contributed by atoms with E-state index in [1.807, 2.05) is 30.3 Å². The lowest BCUT2D eigenvalue weighted by Gasteiger charge is -2.31. The first-order valence-corrected chi connectivity index (χ1v) is 11.9. The summed E-state index contributed by atoms with van der Waals surface area (Å²) in [6, 6.07) is 13.9. The van der Waals surface area contributed by atoms with Gasteiger partial charge in [0.05, 0.1) is 12.8 Å². The van der Waals surface area contributed by atoms with Crippen LogP contribution in [0.5, 0.6) is 0 Å². The van der Waals surface area contributed by atoms with Gasteiger partial charge in [0.2, 0.25) is 5.91 Å². The number of urea groups is 1. The van der Waals surface area contributed by atoms with E-state index in [-0.39, 0.29) is 30.4 Å². The van der Waals surface area contributed by atoms with E-state index in [9.17, 15) is 9.59 Å². The third-order valence-electron chi connectivity index (χ3n) is 5.92. The molecule has 0 bridgehead atoms. The summed E-state index contributed by atoms with van der Waals surface area (Å²) in [5.74, 6) is 0.966. The van der Waals surface area contributed by atoms with Crippen molar-refractivity contribution in [1.82, 2.24) is 15.1 Å². The minimum absolute atomic E-state index is 0.0585. The van der Waals surface area contributed by atoms with Gasteiger partial charge in [-0.25, -0.2) is 4.79 Å². The highest BCUT2D eigenvalue weighted by atomic mass is 16.3. The Hall–Kier alpha value is -2.76. The molecule has 1 aromatic heterocycles. The lowest BCUT2D eigenvalue weighted by atomic mass is 9.96. The molecule has 0 unspecified atom stereocenters. The summed E-state index contributed by atoms with van der Waals surface area (Å²) < 4.78 is 5.50. The predicted molar refractivity (Wildman–Crippen MR) is 126 cm³/mol. The van der Waals surface area contributed by atoms with Crippen molar-refractivity contribution in [3.8, 4) is 0 Å². The van der Waals surface area contributed by atoms with Crippen LogP contribution in [0.2, 0.25) is 0 Å². The van der Waals surface area contributed by atoms with Crippen LogP contribution in [0.4, 0.5) is 4.79 Å². The number of nitrogens with zero attached hydrogens (tertiary/aromatic N) is 2. The van der Waals surface area contributed by atoms with E-state index >= 15 is 0 Å². The van der Waals surface area contributed by atoms with E-state index in [0.717, 1.165) is 37.9 Å². The molecule has 1 aromatic carbocycles. The Balaban J connectivity index is 1.65. The fraction of sp³-hybridized carbons (Fsp3) is 0.538. The van der Waals surface area contributed by atoms with Gasteiger partial charge >= 0.3 is 6.03 Å². The SMILES string of the molecule is CC(C)CN(CC(=O)N(CCc1ccccc1)Cc1ccco1)C(=O)NC1CCCCC1. The number of hydrogen-bond donors (Lipinski definition) is 1. The summed E-state index contributed by atoms with van der Waals surface area (Å²) in [6.07, 6.45) is 7.98. The molecule has 0 saturated heterocycles. The fourth-order valence-electron chi connectivity index (χ4n) is 4.23. The molecule has 1 aliphatic carbocycles. The zero-order valence-corrected chi connectivity index (χ0v) is 19.5. The maximum absolute atomic E-state index is 13.3. The Labute approximate surface area is 192 Å². The lowest BCUT2D eigenvalue weighted by molar-refractivity contribution is -0.132. The van der Waals surface area contributed by atoms with Crippen molar-refractivity contribution in [3.63, 3.8) is 0 Å². The summed E-state index contributed by atoms with van der Waals surface area (Å²) >= 11 is 0. The quantitative estimate of drug-likeness (QED) is 0.575. The number of amides is 3. The van der Waals surface area contributed by atoms with E-state index in [0.29, 0.717) is 19.6 Å². The molecular formula is C26H37N3O3. The molecule has 6 nitrogen and oxygen atoms in total. The van der Waals surface area contributed by atoms with Crippen molar-refractivity contribution < 1.29 is 14.0 Å². The first-order chi connectivity index (χ1) is 15.5. The number of carbonyl (C=O) groups excluding carboxylic acids is 2. The second-order valence-corrected chi connectivity index (χ2v) is 9.19. The van der Waals surface area contributed by atoms with Crippen molar-refractivity contribution in [3.05, 3.63) is 60.1 Å². The third kappa shape index (κ3) is 7.74. The molecule has 1 aliphatic rings. The summed E-state index contributed by atoms with van der Waals surface area (Å²) in [5, 5.41) is 3.17. The highest BCUT2D eigenvalue weighted by Gasteiger charge is 2.25. The number of carbonyl (C=O) groups is 2. The van der Waals surface area contributed by atoms with Crippen molar-refractivity contribution in [1.29, 1.82) is 0 Å². The number of furan rings is 1. The van der Waals surface area contributed by atoms with Crippen LogP contribution in [-0.2, 0) is 17.8 Å². The summed E-state index contributed by atoms with van der Waals surface area (Å²) in [4.78, 5) is 29.8. The van der Waals surface area contributed by atoms with Gasteiger partial charge in [-0.15, -0.1) is 0 Å². The molecule has 3 rings (SSSR count). The zero-order chi connectivity index (χ0) is 22.8. The van der Waals surface area contributed by atoms with Crippen LogP contribution < -0.4 is 5.32 Å². The molecule has 1 heterocycles. The molecule has 6 heteroatoms. The molecule has 0 atom stereocenters. The second kappa shape index (κ2) is 12.3. The van der Waals surface area contributed by atoms with E-state index in [4.69, 9.17) is 4.42 Å². The number of benzene rings is 1. The molecule has 2 aromatic rings. The maximum Gasteiger partial charge on any atom is 0.318 e. The van der Waals surface area contributed by atoms with Crippen molar-refractivity contribution in [2.75, 3.05) is 19.6 Å². The number of nitrogens with one attached hydrogen (secondary N) is 1. The smallest absolute Gasteiger partial charge is 0.318 e. The largest absolute Gasteiger partial charge is 0.467 e. The topological polar surface area (TPSA) is 65.8 Å². The normalized spacial score (nSPS) is 14.3. The van der Waals surface area contributed by atoms with Crippen molar-refractivity contribution in [2.24, 2.45) is 5.92 Å². The highest BCUT2D eigenvalue weighted by molar-refractivity contribution is 5.84. The van der Waals surface area contributed by atoms with Gasteiger partial charge in [0, 0.05) is 19.1 Å². The van der Waals surface area contributed by atoms with Gasteiger partial charge in [0.25, 0.3) is 0 Å². The minimum atomic E-state index is -0.125. The average molecular weight is 440 g/mol. The number of hydrogen-bond acceptors (Lipinski definition) is 3. The fourth-order valence-corrected chi connectivity index (χ4v) is 4.23. The van der Waals surface area contributed by atoms with Gasteiger partial charge in [0.1, 0.15) is 12.3 Å². The van der Waals surface area contributed by atoms with Gasteiger partial charge in [-0.05, 0) is 42.9 Å². The molecule has 1 fully saturated rings. The van der Waals surface area contributed by atoms with E-state index in [2.05, 4.69) is 31.3 Å². The van der Waals surface area contributed by atoms with Crippen LogP contribution in [-0.4, -0.2) is 47.4 Å². The van der Waals surface area contributed by atoms with E-state index in [1.54, 1.807) is 16.1 Å². The van der Waals surface area contributed by atoms with Crippen LogP contribution >= 0.6 is 0 Å². The van der Waals surface area contributed by atoms with Crippen molar-refractivity contribution >= 4 is 11.9 Å². The van der Waals surface area contributed by atoms with Gasteiger partial charge in [-0.1, -0.05) is 63.4 Å². The molecule has 0 radical (unpaired) electrons. The predicted octanol–water partition coefficient (Wildman–Crippen LogP) is 4.85. The third-order valence-corrected chi connectivity index (χ3v) is 5.92. The van der Waals surface area contributed by atoms with Gasteiger partial charge in [0.15, 0.2) is 0 Å². The maximum atomic E-state index is 13.3. The Kier molecular flexibility index (Phi) is 9.20. The van der Waals surface area contributed by atoms with Crippen LogP contribution in [0.3, 0.4) is 0 Å². The Bertz CT molecular complexity index is 814. The number of rotatable bonds is 10. The Morgan fingerprint density at radius 1 is 1.03 bits per heavy atom. The van der Waals surface area contributed by atoms with Crippen molar-refractivity contribution in [2.45, 2.75) is 65.0 Å². The minimum Gasteiger partial charge on any atom is -0.467 e. The highest BCUT2D eigenvalue weighted by Crippen LogP contribution is 2.18. The molecule has 1 saturated carbocycles. The monoisotopic (exact) mass is 439 g/mol. The van der Waals surface area contributed by atoms with Crippen LogP contribution in [0.1, 0.15) is 57.3 Å². The zero-order valence-electron chi connectivity index (χ0n) is 19.5. The second-order valence-electron chi connectivity index (χ2n) is 9.19. The summed E-state index contributed by atoms with van der Waals surface area (Å²) in [6.45, 7) is 5.74. The summed E-state index contributed by atoms with van der Waals surface area (Å²) in [7, 11) is 0. The molecule has 0 aliphatic heterocycles. The average Bonchev–Trinajstić information content (AvgIpc) is 3.30. The van der Waals surface area contributed by atoms with Gasteiger partial charge in [-0.3, -0.25) is 4.79 Å². The van der Waals surface area contributed by atoms with Gasteiger partial charge in [-0.2, -0.15) is 0 Å². The van der Waals surface area contributed by atoms with E-state index < -0.39 is 0 Å². The van der Waals surface area contributed by atoms with Crippen LogP contribution in [0.25, 0.3) is 0 Å². The summed E-state index contributed by atoms with van der Waals surface area (Å²) in [5.41, 5.74) is 1.18. The molecule has 32 heavy (non-hydrogen) atoms.